The first-order valence-electron chi connectivity index (χ1n) is 8.57. The second-order valence-corrected chi connectivity index (χ2v) is 6.97. The first-order chi connectivity index (χ1) is 12.9. The van der Waals surface area contributed by atoms with Crippen LogP contribution in [0.3, 0.4) is 0 Å². The molecule has 0 bridgehead atoms. The van der Waals surface area contributed by atoms with E-state index < -0.39 is 47.1 Å². The summed E-state index contributed by atoms with van der Waals surface area (Å²) in [4.78, 5) is 12.9. The molecule has 0 spiro atoms. The summed E-state index contributed by atoms with van der Waals surface area (Å²) in [6.45, 7) is 1.36. The minimum absolute atomic E-state index is 0.0101. The summed E-state index contributed by atoms with van der Waals surface area (Å²) in [5.41, 5.74) is -0.0691. The van der Waals surface area contributed by atoms with Gasteiger partial charge in [0, 0.05) is 31.4 Å². The number of piperidine rings is 1. The number of nitrogens with one attached hydrogen (secondary N) is 2. The van der Waals surface area contributed by atoms with Gasteiger partial charge in [0.2, 0.25) is 5.84 Å². The van der Waals surface area contributed by atoms with E-state index in [1.54, 1.807) is 6.92 Å². The Balaban J connectivity index is 1.94. The molecule has 0 amide bonds. The molecule has 2 atom stereocenters. The number of carbonyl (C=O) groups is 1. The van der Waals surface area contributed by atoms with Crippen molar-refractivity contribution in [1.29, 1.82) is 10.8 Å². The van der Waals surface area contributed by atoms with Crippen molar-refractivity contribution in [3.63, 3.8) is 0 Å². The second kappa shape index (κ2) is 8.32. The van der Waals surface area contributed by atoms with Crippen LogP contribution in [0.1, 0.15) is 31.7 Å². The van der Waals surface area contributed by atoms with Crippen LogP contribution < -0.4 is 0 Å². The Bertz CT molecular complexity index is 792. The molecule has 2 N–H and O–H groups in total. The standard InChI is InChI=1S/C18H19F6N3O/c1-9(4-11-6-13(20)14(21)8-12(11)19)5-15(28)10-2-3-27(16(25)7-10)17(26)18(22,23)24/h6,8-10,25-26H,2-5,7H2,1H3. The lowest BCUT2D eigenvalue weighted by Crippen LogP contribution is -2.49. The number of hydrogen-bond acceptors (Lipinski definition) is 3. The lowest BCUT2D eigenvalue weighted by atomic mass is 9.85. The van der Waals surface area contributed by atoms with Crippen molar-refractivity contribution in [2.24, 2.45) is 11.8 Å². The molecule has 1 aliphatic heterocycles. The van der Waals surface area contributed by atoms with E-state index in [0.717, 1.165) is 6.07 Å². The van der Waals surface area contributed by atoms with Crippen molar-refractivity contribution in [3.05, 3.63) is 35.1 Å². The molecule has 0 saturated carbocycles. The van der Waals surface area contributed by atoms with Crippen LogP contribution in [0, 0.1) is 40.1 Å². The molecule has 154 valence electrons. The quantitative estimate of drug-likeness (QED) is 0.327. The molecule has 1 fully saturated rings. The van der Waals surface area contributed by atoms with Crippen LogP contribution in [0.4, 0.5) is 26.3 Å². The summed E-state index contributed by atoms with van der Waals surface area (Å²) in [6, 6.07) is 1.18. The van der Waals surface area contributed by atoms with E-state index in [-0.39, 0.29) is 43.6 Å². The number of benzene rings is 1. The fraction of sp³-hybridized carbons (Fsp3) is 0.500. The zero-order valence-corrected chi connectivity index (χ0v) is 15.0. The highest BCUT2D eigenvalue weighted by Crippen LogP contribution is 2.28. The van der Waals surface area contributed by atoms with Crippen molar-refractivity contribution in [1.82, 2.24) is 4.90 Å². The summed E-state index contributed by atoms with van der Waals surface area (Å²) in [5, 5.41) is 14.8. The van der Waals surface area contributed by atoms with Gasteiger partial charge < -0.3 is 4.90 Å². The molecular weight excluding hydrogens is 388 g/mol. The van der Waals surface area contributed by atoms with Gasteiger partial charge >= 0.3 is 6.18 Å². The predicted molar refractivity (Wildman–Crippen MR) is 89.7 cm³/mol. The summed E-state index contributed by atoms with van der Waals surface area (Å²) in [7, 11) is 0. The fourth-order valence-electron chi connectivity index (χ4n) is 3.22. The highest BCUT2D eigenvalue weighted by molar-refractivity contribution is 6.02. The third-order valence-corrected chi connectivity index (χ3v) is 4.67. The Morgan fingerprint density at radius 1 is 1.21 bits per heavy atom. The smallest absolute Gasteiger partial charge is 0.311 e. The van der Waals surface area contributed by atoms with Crippen molar-refractivity contribution < 1.29 is 31.1 Å². The summed E-state index contributed by atoms with van der Waals surface area (Å²) in [5.74, 6) is -6.87. The van der Waals surface area contributed by atoms with Crippen LogP contribution >= 0.6 is 0 Å². The molecule has 1 saturated heterocycles. The number of rotatable bonds is 5. The lowest BCUT2D eigenvalue weighted by Gasteiger charge is -2.34. The first kappa shape index (κ1) is 21.9. The number of amidine groups is 2. The van der Waals surface area contributed by atoms with Gasteiger partial charge in [0.05, 0.1) is 0 Å². The SMILES string of the molecule is CC(CC(=O)C1CCN(C(=N)C(F)(F)F)C(=N)C1)Cc1cc(F)c(F)cc1F. The average molecular weight is 407 g/mol. The number of nitrogens with zero attached hydrogens (tertiary/aromatic N) is 1. The maximum absolute atomic E-state index is 13.7. The maximum atomic E-state index is 13.7. The lowest BCUT2D eigenvalue weighted by molar-refractivity contribution is -0.124. The number of carbonyl (C=O) groups excluding carboxylic acids is 1. The summed E-state index contributed by atoms with van der Waals surface area (Å²) < 4.78 is 77.8. The van der Waals surface area contributed by atoms with E-state index in [2.05, 4.69) is 0 Å². The van der Waals surface area contributed by atoms with E-state index in [0.29, 0.717) is 11.0 Å². The Kier molecular flexibility index (Phi) is 6.51. The van der Waals surface area contributed by atoms with Crippen LogP contribution in [-0.2, 0) is 11.2 Å². The zero-order chi connectivity index (χ0) is 21.2. The van der Waals surface area contributed by atoms with Crippen LogP contribution in [0.15, 0.2) is 12.1 Å². The Morgan fingerprint density at radius 3 is 2.39 bits per heavy atom. The van der Waals surface area contributed by atoms with Gasteiger partial charge in [0.15, 0.2) is 11.6 Å². The summed E-state index contributed by atoms with van der Waals surface area (Å²) >= 11 is 0. The fourth-order valence-corrected chi connectivity index (χ4v) is 3.22. The van der Waals surface area contributed by atoms with E-state index in [1.165, 1.54) is 0 Å². The van der Waals surface area contributed by atoms with Gasteiger partial charge in [0.25, 0.3) is 0 Å². The van der Waals surface area contributed by atoms with Crippen LogP contribution in [0.25, 0.3) is 0 Å². The van der Waals surface area contributed by atoms with E-state index in [9.17, 15) is 31.1 Å². The van der Waals surface area contributed by atoms with Crippen molar-refractivity contribution in [3.8, 4) is 0 Å². The normalized spacial score (nSPS) is 18.9. The van der Waals surface area contributed by atoms with Gasteiger partial charge in [-0.2, -0.15) is 13.2 Å². The second-order valence-electron chi connectivity index (χ2n) is 6.97. The van der Waals surface area contributed by atoms with Gasteiger partial charge in [-0.3, -0.25) is 15.6 Å². The number of alkyl halides is 3. The number of ketones is 1. The molecule has 0 aromatic heterocycles. The molecule has 1 heterocycles. The van der Waals surface area contributed by atoms with Gasteiger partial charge in [0.1, 0.15) is 17.4 Å². The number of likely N-dealkylation sites (tertiary alicyclic amines) is 1. The predicted octanol–water partition coefficient (Wildman–Crippen LogP) is 4.47. The number of Topliss-reactive ketones (excluding diaryl/α,β-unsaturated/α-hetero) is 1. The largest absolute Gasteiger partial charge is 0.449 e. The van der Waals surface area contributed by atoms with Gasteiger partial charge in [-0.1, -0.05) is 6.92 Å². The highest BCUT2D eigenvalue weighted by atomic mass is 19.4. The molecule has 2 rings (SSSR count). The van der Waals surface area contributed by atoms with Crippen molar-refractivity contribution >= 4 is 17.5 Å². The Hall–Kier alpha value is -2.39. The zero-order valence-electron chi connectivity index (χ0n) is 15.0. The topological polar surface area (TPSA) is 68.0 Å². The van der Waals surface area contributed by atoms with Gasteiger partial charge in [-0.15, -0.1) is 0 Å². The van der Waals surface area contributed by atoms with E-state index in [4.69, 9.17) is 10.8 Å². The van der Waals surface area contributed by atoms with Crippen molar-refractivity contribution in [2.75, 3.05) is 6.54 Å². The molecular formula is C18H19F6N3O. The molecule has 4 nitrogen and oxygen atoms in total. The van der Waals surface area contributed by atoms with E-state index >= 15 is 0 Å². The van der Waals surface area contributed by atoms with Crippen LogP contribution in [0.5, 0.6) is 0 Å². The number of hydrogen-bond donors (Lipinski definition) is 2. The Labute approximate surface area is 157 Å². The number of halogens is 6. The molecule has 28 heavy (non-hydrogen) atoms. The Morgan fingerprint density at radius 2 is 1.82 bits per heavy atom. The molecule has 1 aliphatic rings. The molecule has 0 radical (unpaired) electrons. The first-order valence-corrected chi connectivity index (χ1v) is 8.57. The van der Waals surface area contributed by atoms with Gasteiger partial charge in [-0.25, -0.2) is 13.2 Å². The highest BCUT2D eigenvalue weighted by Gasteiger charge is 2.42. The summed E-state index contributed by atoms with van der Waals surface area (Å²) in [6.07, 6.45) is -5.07. The van der Waals surface area contributed by atoms with E-state index in [1.807, 2.05) is 0 Å². The average Bonchev–Trinajstić information content (AvgIpc) is 2.58. The van der Waals surface area contributed by atoms with Gasteiger partial charge in [-0.05, 0) is 30.4 Å². The minimum atomic E-state index is -4.87. The molecule has 1 aromatic rings. The molecule has 10 heteroatoms. The molecule has 0 aliphatic carbocycles. The minimum Gasteiger partial charge on any atom is -0.311 e. The van der Waals surface area contributed by atoms with Crippen LogP contribution in [-0.4, -0.2) is 35.1 Å². The van der Waals surface area contributed by atoms with Crippen LogP contribution in [0.2, 0.25) is 0 Å². The van der Waals surface area contributed by atoms with Crippen molar-refractivity contribution in [2.45, 2.75) is 38.8 Å². The molecule has 2 unspecified atom stereocenters. The third kappa shape index (κ3) is 5.11. The maximum Gasteiger partial charge on any atom is 0.449 e. The monoisotopic (exact) mass is 407 g/mol. The molecule has 1 aromatic carbocycles. The third-order valence-electron chi connectivity index (χ3n) is 4.67.